The van der Waals surface area contributed by atoms with Crippen molar-refractivity contribution in [2.24, 2.45) is 4.99 Å². The predicted molar refractivity (Wildman–Crippen MR) is 58.0 cm³/mol. The van der Waals surface area contributed by atoms with Gasteiger partial charge in [-0.05, 0) is 34.6 Å². The Morgan fingerprint density at radius 2 is 1.69 bits per heavy atom. The highest BCUT2D eigenvalue weighted by Crippen LogP contribution is 2.02. The third-order valence-corrected chi connectivity index (χ3v) is 1.77. The summed E-state index contributed by atoms with van der Waals surface area (Å²) in [5, 5.41) is 6.62. The molecule has 78 valence electrons. The minimum atomic E-state index is 0. The quantitative estimate of drug-likeness (QED) is 0.539. The number of nitrogens with zero attached hydrogens (tertiary/aromatic N) is 3. The van der Waals surface area contributed by atoms with Crippen molar-refractivity contribution in [2.75, 3.05) is 34.7 Å². The molecule has 0 saturated carbocycles. The Morgan fingerprint density at radius 3 is 2.00 bits per heavy atom. The van der Waals surface area contributed by atoms with Gasteiger partial charge in [-0.15, -0.1) is 12.4 Å². The first-order chi connectivity index (χ1) is 5.59. The Hall–Kier alpha value is -0.410. The molecule has 0 unspecified atom stereocenters. The van der Waals surface area contributed by atoms with Crippen LogP contribution in [0.5, 0.6) is 0 Å². The minimum Gasteiger partial charge on any atom is -0.294 e. The van der Waals surface area contributed by atoms with Gasteiger partial charge in [0.15, 0.2) is 0 Å². The lowest BCUT2D eigenvalue weighted by atomic mass is 10.3. The van der Waals surface area contributed by atoms with Crippen LogP contribution in [0.2, 0.25) is 0 Å². The van der Waals surface area contributed by atoms with Crippen molar-refractivity contribution in [1.29, 1.82) is 5.41 Å². The van der Waals surface area contributed by atoms with Crippen molar-refractivity contribution < 1.29 is 0 Å². The van der Waals surface area contributed by atoms with Gasteiger partial charge in [0.05, 0.1) is 18.7 Å². The van der Waals surface area contributed by atoms with Crippen molar-refractivity contribution in [1.82, 2.24) is 9.80 Å². The Morgan fingerprint density at radius 1 is 1.23 bits per heavy atom. The molecule has 0 aliphatic heterocycles. The van der Waals surface area contributed by atoms with E-state index in [9.17, 15) is 0 Å². The van der Waals surface area contributed by atoms with Gasteiger partial charge in [0.1, 0.15) is 0 Å². The van der Waals surface area contributed by atoms with Gasteiger partial charge >= 0.3 is 0 Å². The van der Waals surface area contributed by atoms with Crippen LogP contribution in [0.1, 0.15) is 6.42 Å². The molecule has 0 aromatic heterocycles. The number of rotatable bonds is 5. The molecule has 0 heterocycles. The maximum absolute atomic E-state index is 6.62. The summed E-state index contributed by atoms with van der Waals surface area (Å²) >= 11 is 0. The summed E-state index contributed by atoms with van der Waals surface area (Å²) in [6, 6.07) is 2.04. The lowest BCUT2D eigenvalue weighted by molar-refractivity contribution is 0.123. The van der Waals surface area contributed by atoms with Crippen LogP contribution in [0.25, 0.3) is 0 Å². The Kier molecular flexibility index (Phi) is 9.51. The van der Waals surface area contributed by atoms with E-state index in [1.807, 2.05) is 34.2 Å². The first-order valence-electron chi connectivity index (χ1n) is 4.00. The molecule has 0 spiro atoms. The molecule has 13 heavy (non-hydrogen) atoms. The summed E-state index contributed by atoms with van der Waals surface area (Å²) in [6.07, 6.45) is 1.33. The molecule has 0 rings (SSSR count). The molecular weight excluding hydrogens is 188 g/mol. The maximum atomic E-state index is 6.62. The fourth-order valence-electron chi connectivity index (χ4n) is 1.21. The molecule has 0 fully saturated rings. The Balaban J connectivity index is 0. The second-order valence-electron chi connectivity index (χ2n) is 3.19. The molecule has 0 aromatic rings. The predicted octanol–water partition coefficient (Wildman–Crippen LogP) is 1.00. The van der Waals surface area contributed by atoms with Gasteiger partial charge in [0.25, 0.3) is 0 Å². The summed E-state index contributed by atoms with van der Waals surface area (Å²) in [4.78, 5) is 8.02. The van der Waals surface area contributed by atoms with E-state index in [4.69, 9.17) is 5.41 Å². The van der Waals surface area contributed by atoms with Gasteiger partial charge in [0, 0.05) is 0 Å². The molecule has 0 aliphatic carbocycles. The average Bonchev–Trinajstić information content (AvgIpc) is 1.96. The van der Waals surface area contributed by atoms with Crippen molar-refractivity contribution in [3.8, 4) is 0 Å². The van der Waals surface area contributed by atoms with E-state index in [2.05, 4.69) is 14.8 Å². The summed E-state index contributed by atoms with van der Waals surface area (Å²) in [5.41, 5.74) is 0. The van der Waals surface area contributed by atoms with E-state index in [-0.39, 0.29) is 12.4 Å². The third kappa shape index (κ3) is 6.72. The van der Waals surface area contributed by atoms with Crippen LogP contribution in [-0.4, -0.2) is 56.7 Å². The van der Waals surface area contributed by atoms with Crippen LogP contribution in [0, 0.1) is 5.41 Å². The molecule has 0 amide bonds. The highest BCUT2D eigenvalue weighted by molar-refractivity contribution is 5.85. The summed E-state index contributed by atoms with van der Waals surface area (Å²) < 4.78 is 0. The van der Waals surface area contributed by atoms with Crippen molar-refractivity contribution in [2.45, 2.75) is 12.6 Å². The number of halogens is 1. The lowest BCUT2D eigenvalue weighted by Gasteiger charge is -2.29. The zero-order valence-electron chi connectivity index (χ0n) is 8.74. The van der Waals surface area contributed by atoms with Gasteiger partial charge in [-0.1, -0.05) is 0 Å². The first-order valence-corrected chi connectivity index (χ1v) is 4.00. The second-order valence-corrected chi connectivity index (χ2v) is 3.19. The standard InChI is InChI=1S/C8H18N4.ClH/c1-11(2)8(12(3)4)5-6-10-7-9;/h8-9H,5-6H2,1-4H3;1H. The SMILES string of the molecule is CN(C)C(CCN=C=N)N(C)C.Cl. The normalized spacial score (nSPS) is 10.1. The van der Waals surface area contributed by atoms with Crippen LogP contribution in [0.15, 0.2) is 4.99 Å². The van der Waals surface area contributed by atoms with E-state index in [1.165, 1.54) is 0 Å². The van der Waals surface area contributed by atoms with E-state index in [0.717, 1.165) is 6.42 Å². The number of aliphatic imine (C=N–C) groups is 1. The lowest BCUT2D eigenvalue weighted by Crippen LogP contribution is -2.40. The number of hydrogen-bond acceptors (Lipinski definition) is 4. The van der Waals surface area contributed by atoms with Crippen LogP contribution in [-0.2, 0) is 0 Å². The van der Waals surface area contributed by atoms with Gasteiger partial charge in [-0.25, -0.2) is 10.4 Å². The molecule has 0 bridgehead atoms. The topological polar surface area (TPSA) is 42.7 Å². The largest absolute Gasteiger partial charge is 0.294 e. The van der Waals surface area contributed by atoms with Crippen molar-refractivity contribution >= 4 is 18.4 Å². The highest BCUT2D eigenvalue weighted by Gasteiger charge is 2.11. The van der Waals surface area contributed by atoms with Gasteiger partial charge in [0.2, 0.25) is 0 Å². The molecule has 0 aliphatic rings. The smallest absolute Gasteiger partial charge is 0.0861 e. The van der Waals surface area contributed by atoms with Crippen LogP contribution in [0.3, 0.4) is 0 Å². The van der Waals surface area contributed by atoms with Gasteiger partial charge in [-0.3, -0.25) is 9.80 Å². The number of nitrogens with one attached hydrogen (secondary N) is 1. The van der Waals surface area contributed by atoms with E-state index < -0.39 is 0 Å². The summed E-state index contributed by atoms with van der Waals surface area (Å²) in [5.74, 6) is 0. The fourth-order valence-corrected chi connectivity index (χ4v) is 1.21. The molecule has 1 N–H and O–H groups in total. The Bertz CT molecular complexity index is 156. The third-order valence-electron chi connectivity index (χ3n) is 1.77. The highest BCUT2D eigenvalue weighted by atomic mass is 35.5. The van der Waals surface area contributed by atoms with Gasteiger partial charge in [-0.2, -0.15) is 0 Å². The molecule has 0 aromatic carbocycles. The minimum absolute atomic E-state index is 0. The second kappa shape index (κ2) is 8.20. The zero-order chi connectivity index (χ0) is 9.56. The van der Waals surface area contributed by atoms with E-state index in [1.54, 1.807) is 0 Å². The fraction of sp³-hybridized carbons (Fsp3) is 0.875. The molecular formula is C8H19ClN4. The van der Waals surface area contributed by atoms with E-state index in [0.29, 0.717) is 12.7 Å². The van der Waals surface area contributed by atoms with Gasteiger partial charge < -0.3 is 0 Å². The summed E-state index contributed by atoms with van der Waals surface area (Å²) in [7, 11) is 8.16. The Labute approximate surface area is 86.5 Å². The molecule has 0 saturated heterocycles. The first kappa shape index (κ1) is 15.1. The maximum Gasteiger partial charge on any atom is 0.0861 e. The van der Waals surface area contributed by atoms with Crippen molar-refractivity contribution in [3.63, 3.8) is 0 Å². The van der Waals surface area contributed by atoms with Crippen molar-refractivity contribution in [3.05, 3.63) is 0 Å². The monoisotopic (exact) mass is 206 g/mol. The molecule has 0 radical (unpaired) electrons. The average molecular weight is 207 g/mol. The van der Waals surface area contributed by atoms with Crippen LogP contribution < -0.4 is 0 Å². The van der Waals surface area contributed by atoms with Crippen LogP contribution >= 0.6 is 12.4 Å². The van der Waals surface area contributed by atoms with Crippen LogP contribution in [0.4, 0.5) is 0 Å². The molecule has 0 atom stereocenters. The number of hydrogen-bond donors (Lipinski definition) is 1. The molecule has 5 heteroatoms. The zero-order valence-corrected chi connectivity index (χ0v) is 9.56. The summed E-state index contributed by atoms with van der Waals surface area (Å²) in [6.45, 7) is 0.671. The van der Waals surface area contributed by atoms with E-state index >= 15 is 0 Å². The molecule has 4 nitrogen and oxygen atoms in total.